The molecule has 9 heteroatoms. The first-order valence-corrected chi connectivity index (χ1v) is 12.4. The minimum atomic E-state index is -1.07. The molecular formula is C26H34N2O7. The molecule has 190 valence electrons. The van der Waals surface area contributed by atoms with Crippen LogP contribution in [-0.4, -0.2) is 83.4 Å². The fraction of sp³-hybridized carbons (Fsp3) is 0.577. The van der Waals surface area contributed by atoms with E-state index in [1.54, 1.807) is 17.0 Å². The van der Waals surface area contributed by atoms with Gasteiger partial charge in [-0.25, -0.2) is 0 Å². The van der Waals surface area contributed by atoms with Crippen molar-refractivity contribution in [2.24, 2.45) is 0 Å². The van der Waals surface area contributed by atoms with Crippen molar-refractivity contribution in [3.63, 3.8) is 0 Å². The Bertz CT molecular complexity index is 972. The van der Waals surface area contributed by atoms with Crippen LogP contribution in [0, 0.1) is 0 Å². The summed E-state index contributed by atoms with van der Waals surface area (Å²) in [7, 11) is 0. The average Bonchev–Trinajstić information content (AvgIpc) is 3.49. The zero-order valence-corrected chi connectivity index (χ0v) is 20.0. The fourth-order valence-electron chi connectivity index (χ4n) is 5.22. The summed E-state index contributed by atoms with van der Waals surface area (Å²) in [4.78, 5) is 39.5. The predicted octanol–water partition coefficient (Wildman–Crippen LogP) is 1.08. The molecule has 0 bridgehead atoms. The van der Waals surface area contributed by atoms with Crippen LogP contribution in [0.15, 0.2) is 35.9 Å². The van der Waals surface area contributed by atoms with Gasteiger partial charge >= 0.3 is 0 Å². The van der Waals surface area contributed by atoms with Gasteiger partial charge in [0.2, 0.25) is 11.8 Å². The van der Waals surface area contributed by atoms with E-state index < -0.39 is 24.2 Å². The van der Waals surface area contributed by atoms with Gasteiger partial charge in [0.15, 0.2) is 0 Å². The molecule has 0 saturated carbocycles. The molecule has 2 aliphatic heterocycles. The van der Waals surface area contributed by atoms with E-state index >= 15 is 0 Å². The zero-order chi connectivity index (χ0) is 24.9. The predicted molar refractivity (Wildman–Crippen MR) is 127 cm³/mol. The number of aliphatic hydroxyl groups is 2. The van der Waals surface area contributed by atoms with Crippen LogP contribution in [0.4, 0.5) is 0 Å². The summed E-state index contributed by atoms with van der Waals surface area (Å²) in [6, 6.07) is 6.56. The van der Waals surface area contributed by atoms with Gasteiger partial charge in [0.25, 0.3) is 0 Å². The molecule has 0 spiro atoms. The van der Waals surface area contributed by atoms with Gasteiger partial charge in [-0.15, -0.1) is 0 Å². The van der Waals surface area contributed by atoms with Gasteiger partial charge in [-0.2, -0.15) is 0 Å². The van der Waals surface area contributed by atoms with Gasteiger partial charge in [0.1, 0.15) is 23.7 Å². The van der Waals surface area contributed by atoms with Crippen molar-refractivity contribution in [1.29, 1.82) is 0 Å². The van der Waals surface area contributed by atoms with Gasteiger partial charge in [-0.3, -0.25) is 9.59 Å². The maximum Gasteiger partial charge on any atom is 0.247 e. The maximum absolute atomic E-state index is 13.4. The summed E-state index contributed by atoms with van der Waals surface area (Å²) >= 11 is 0. The Hall–Kier alpha value is -2.75. The molecule has 5 unspecified atom stereocenters. The van der Waals surface area contributed by atoms with Crippen LogP contribution in [-0.2, 0) is 19.1 Å². The van der Waals surface area contributed by atoms with Crippen LogP contribution in [0.2, 0.25) is 0 Å². The van der Waals surface area contributed by atoms with Crippen molar-refractivity contribution in [3.8, 4) is 5.75 Å². The molecular weight excluding hydrogens is 452 g/mol. The summed E-state index contributed by atoms with van der Waals surface area (Å²) in [5.41, 5.74) is 1.21. The molecule has 5 atom stereocenters. The molecule has 0 aromatic heterocycles. The van der Waals surface area contributed by atoms with E-state index in [1.165, 1.54) is 6.92 Å². The highest BCUT2D eigenvalue weighted by atomic mass is 16.5. The second kappa shape index (κ2) is 11.3. The highest BCUT2D eigenvalue weighted by Gasteiger charge is 2.50. The Kier molecular flexibility index (Phi) is 8.20. The number of nitrogens with one attached hydrogen (secondary N) is 1. The van der Waals surface area contributed by atoms with Crippen LogP contribution in [0.5, 0.6) is 5.75 Å². The lowest BCUT2D eigenvalue weighted by molar-refractivity contribution is -0.139. The number of ether oxygens (including phenoxy) is 2. The minimum Gasteiger partial charge on any atom is -0.486 e. The Labute approximate surface area is 205 Å². The number of carbonyl (C=O) groups is 3. The van der Waals surface area contributed by atoms with E-state index in [0.717, 1.165) is 18.4 Å². The number of hydrogen-bond acceptors (Lipinski definition) is 7. The summed E-state index contributed by atoms with van der Waals surface area (Å²) < 4.78 is 11.9. The lowest BCUT2D eigenvalue weighted by atomic mass is 9.77. The second-order valence-corrected chi connectivity index (χ2v) is 9.42. The van der Waals surface area contributed by atoms with E-state index in [1.807, 2.05) is 18.2 Å². The molecule has 0 radical (unpaired) electrons. The number of hydrogen-bond donors (Lipinski definition) is 3. The topological polar surface area (TPSA) is 125 Å². The largest absolute Gasteiger partial charge is 0.486 e. The molecule has 1 saturated heterocycles. The van der Waals surface area contributed by atoms with Gasteiger partial charge in [-0.05, 0) is 38.3 Å². The van der Waals surface area contributed by atoms with Crippen LogP contribution >= 0.6 is 0 Å². The normalized spacial score (nSPS) is 26.8. The number of ketones is 1. The Morgan fingerprint density at radius 1 is 1.20 bits per heavy atom. The summed E-state index contributed by atoms with van der Waals surface area (Å²) in [5, 5.41) is 23.4. The molecule has 2 heterocycles. The minimum absolute atomic E-state index is 0.0175. The highest BCUT2D eigenvalue weighted by Crippen LogP contribution is 2.47. The third-order valence-electron chi connectivity index (χ3n) is 6.90. The zero-order valence-electron chi connectivity index (χ0n) is 20.0. The van der Waals surface area contributed by atoms with Crippen LogP contribution in [0.3, 0.4) is 0 Å². The summed E-state index contributed by atoms with van der Waals surface area (Å²) in [6.45, 7) is 2.29. The number of amides is 2. The highest BCUT2D eigenvalue weighted by molar-refractivity contribution is 5.96. The first-order chi connectivity index (χ1) is 16.9. The van der Waals surface area contributed by atoms with E-state index in [0.29, 0.717) is 30.8 Å². The summed E-state index contributed by atoms with van der Waals surface area (Å²) in [6.07, 6.45) is 2.29. The molecule has 9 nitrogen and oxygen atoms in total. The van der Waals surface area contributed by atoms with Crippen LogP contribution < -0.4 is 10.1 Å². The van der Waals surface area contributed by atoms with E-state index in [2.05, 4.69) is 5.32 Å². The van der Waals surface area contributed by atoms with E-state index in [9.17, 15) is 24.6 Å². The van der Waals surface area contributed by atoms with E-state index in [4.69, 9.17) is 9.47 Å². The quantitative estimate of drug-likeness (QED) is 0.452. The number of Topliss-reactive ketones (excluding diaryl/α,β-unsaturated/α-hetero) is 1. The Morgan fingerprint density at radius 2 is 2.00 bits per heavy atom. The maximum atomic E-state index is 13.4. The van der Waals surface area contributed by atoms with Gasteiger partial charge in [0, 0.05) is 43.7 Å². The Balaban J connectivity index is 1.67. The number of fused-ring (bicyclic) bond motifs is 3. The first kappa shape index (κ1) is 25.3. The van der Waals surface area contributed by atoms with Crippen molar-refractivity contribution in [3.05, 3.63) is 41.5 Å². The second-order valence-electron chi connectivity index (χ2n) is 9.42. The molecule has 1 fully saturated rings. The first-order valence-electron chi connectivity index (χ1n) is 12.4. The fourth-order valence-corrected chi connectivity index (χ4v) is 5.22. The van der Waals surface area contributed by atoms with Crippen LogP contribution in [0.25, 0.3) is 0 Å². The Morgan fingerprint density at radius 3 is 2.71 bits per heavy atom. The molecule has 3 aliphatic rings. The van der Waals surface area contributed by atoms with Gasteiger partial charge in [0.05, 0.1) is 24.7 Å². The third kappa shape index (κ3) is 5.58. The SMILES string of the molecule is CC(=O)CCCC(=O)N(CC1CCCO1)C1C=C(C(=O)NCCO)C2c3ccccc3OC2C1O. The van der Waals surface area contributed by atoms with Gasteiger partial charge < -0.3 is 34.7 Å². The van der Waals surface area contributed by atoms with Crippen molar-refractivity contribution in [2.75, 3.05) is 26.3 Å². The third-order valence-corrected chi connectivity index (χ3v) is 6.90. The van der Waals surface area contributed by atoms with Crippen molar-refractivity contribution in [2.45, 2.75) is 69.3 Å². The number of benzene rings is 1. The number of para-hydroxylation sites is 1. The average molecular weight is 487 g/mol. The molecule has 1 aromatic rings. The standard InChI is InChI=1S/C26H34N2O7/c1-16(30)6-4-10-22(31)28(15-17-7-5-13-34-17)20-14-19(26(33)27-11-12-29)23-18-8-2-3-9-21(18)35-25(23)24(20)32/h2-3,8-9,14,17,20,23-25,29,32H,4-7,10-13,15H2,1H3,(H,27,33). The number of aliphatic hydroxyl groups excluding tert-OH is 2. The molecule has 1 aliphatic carbocycles. The molecule has 3 N–H and O–H groups in total. The van der Waals surface area contributed by atoms with Gasteiger partial charge in [-0.1, -0.05) is 18.2 Å². The molecule has 35 heavy (non-hydrogen) atoms. The van der Waals surface area contributed by atoms with Crippen LogP contribution in [0.1, 0.15) is 50.5 Å². The van der Waals surface area contributed by atoms with E-state index in [-0.39, 0.29) is 49.8 Å². The van der Waals surface area contributed by atoms with Crippen molar-refractivity contribution < 1.29 is 34.1 Å². The number of rotatable bonds is 10. The molecule has 4 rings (SSSR count). The molecule has 2 amide bonds. The lowest BCUT2D eigenvalue weighted by Gasteiger charge is -2.41. The lowest BCUT2D eigenvalue weighted by Crippen LogP contribution is -2.57. The van der Waals surface area contributed by atoms with Crippen molar-refractivity contribution in [1.82, 2.24) is 10.2 Å². The summed E-state index contributed by atoms with van der Waals surface area (Å²) in [5.74, 6) is -0.447. The van der Waals surface area contributed by atoms with Crippen molar-refractivity contribution >= 4 is 17.6 Å². The monoisotopic (exact) mass is 486 g/mol. The number of carbonyl (C=O) groups excluding carboxylic acids is 3. The molecule has 1 aromatic carbocycles. The number of nitrogens with zero attached hydrogens (tertiary/aromatic N) is 1. The smallest absolute Gasteiger partial charge is 0.247 e.